The Hall–Kier alpha value is -3.14. The molecule has 1 aromatic heterocycles. The lowest BCUT2D eigenvalue weighted by Crippen LogP contribution is -2.27. The minimum absolute atomic E-state index is 0.0341. The fourth-order valence-corrected chi connectivity index (χ4v) is 3.43. The van der Waals surface area contributed by atoms with E-state index in [1.165, 1.54) is 10.8 Å². The number of nitrogens with one attached hydrogen (secondary N) is 1. The van der Waals surface area contributed by atoms with E-state index in [1.54, 1.807) is 6.33 Å². The number of benzene rings is 3. The molecule has 0 aliphatic heterocycles. The van der Waals surface area contributed by atoms with Crippen LogP contribution in [0.25, 0.3) is 21.8 Å². The molecule has 26 heavy (non-hydrogen) atoms. The number of rotatable bonds is 5. The molecule has 4 aromatic rings. The third-order valence-corrected chi connectivity index (χ3v) is 4.77. The third kappa shape index (κ3) is 3.18. The first-order chi connectivity index (χ1) is 12.7. The summed E-state index contributed by atoms with van der Waals surface area (Å²) in [5.74, 6) is 0.0446. The van der Waals surface area contributed by atoms with Gasteiger partial charge in [0, 0.05) is 13.0 Å². The van der Waals surface area contributed by atoms with Crippen molar-refractivity contribution in [1.82, 2.24) is 14.9 Å². The van der Waals surface area contributed by atoms with Crippen LogP contribution in [0, 0.1) is 0 Å². The topological polar surface area (TPSA) is 46.9 Å². The van der Waals surface area contributed by atoms with Crippen LogP contribution in [0.1, 0.15) is 24.9 Å². The van der Waals surface area contributed by atoms with Crippen LogP contribution in [-0.2, 0) is 11.3 Å². The number of imidazole rings is 1. The van der Waals surface area contributed by atoms with Gasteiger partial charge in [-0.25, -0.2) is 4.98 Å². The monoisotopic (exact) mass is 343 g/mol. The van der Waals surface area contributed by atoms with Crippen LogP contribution in [0.4, 0.5) is 0 Å². The average Bonchev–Trinajstić information content (AvgIpc) is 3.09. The van der Waals surface area contributed by atoms with Crippen LogP contribution in [0.15, 0.2) is 73.1 Å². The van der Waals surface area contributed by atoms with Crippen molar-refractivity contribution in [3.63, 3.8) is 0 Å². The molecule has 3 aromatic carbocycles. The summed E-state index contributed by atoms with van der Waals surface area (Å²) in [6.07, 6.45) is 2.22. The summed E-state index contributed by atoms with van der Waals surface area (Å²) < 4.78 is 2.03. The second-order valence-corrected chi connectivity index (χ2v) is 6.53. The molecule has 0 fully saturated rings. The fourth-order valence-electron chi connectivity index (χ4n) is 3.43. The summed E-state index contributed by atoms with van der Waals surface area (Å²) in [7, 11) is 0. The van der Waals surface area contributed by atoms with Gasteiger partial charge in [0.15, 0.2) is 0 Å². The van der Waals surface area contributed by atoms with Gasteiger partial charge in [0.1, 0.15) is 0 Å². The Morgan fingerprint density at radius 2 is 1.81 bits per heavy atom. The van der Waals surface area contributed by atoms with E-state index in [0.29, 0.717) is 13.0 Å². The molecule has 0 aliphatic rings. The summed E-state index contributed by atoms with van der Waals surface area (Å²) in [6.45, 7) is 2.65. The van der Waals surface area contributed by atoms with Crippen molar-refractivity contribution in [2.75, 3.05) is 0 Å². The van der Waals surface area contributed by atoms with E-state index in [2.05, 4.69) is 34.6 Å². The van der Waals surface area contributed by atoms with Gasteiger partial charge in [0.25, 0.3) is 0 Å². The van der Waals surface area contributed by atoms with Crippen LogP contribution in [0.3, 0.4) is 0 Å². The lowest BCUT2D eigenvalue weighted by Gasteiger charge is -2.17. The predicted octanol–water partition coefficient (Wildman–Crippen LogP) is 4.46. The molecule has 0 saturated carbocycles. The van der Waals surface area contributed by atoms with Gasteiger partial charge in [0.2, 0.25) is 5.91 Å². The summed E-state index contributed by atoms with van der Waals surface area (Å²) in [5, 5.41) is 5.50. The maximum absolute atomic E-state index is 12.4. The molecule has 0 bridgehead atoms. The van der Waals surface area contributed by atoms with Crippen molar-refractivity contribution in [3.05, 3.63) is 78.6 Å². The van der Waals surface area contributed by atoms with Crippen LogP contribution in [0.2, 0.25) is 0 Å². The summed E-state index contributed by atoms with van der Waals surface area (Å²) >= 11 is 0. The molecule has 0 radical (unpaired) electrons. The molecular weight excluding hydrogens is 322 g/mol. The second-order valence-electron chi connectivity index (χ2n) is 6.53. The second kappa shape index (κ2) is 7.00. The van der Waals surface area contributed by atoms with Gasteiger partial charge in [-0.05, 0) is 35.4 Å². The Labute approximate surface area is 152 Å². The maximum Gasteiger partial charge on any atom is 0.222 e. The quantitative estimate of drug-likeness (QED) is 0.582. The maximum atomic E-state index is 12.4. The number of fused-ring (bicyclic) bond motifs is 2. The summed E-state index contributed by atoms with van der Waals surface area (Å²) in [6, 6.07) is 22.4. The number of hydrogen-bond acceptors (Lipinski definition) is 2. The number of hydrogen-bond donors (Lipinski definition) is 1. The van der Waals surface area contributed by atoms with Crippen molar-refractivity contribution in [2.24, 2.45) is 0 Å². The van der Waals surface area contributed by atoms with Crippen molar-refractivity contribution < 1.29 is 4.79 Å². The first-order valence-electron chi connectivity index (χ1n) is 8.89. The molecule has 0 spiro atoms. The van der Waals surface area contributed by atoms with Gasteiger partial charge in [-0.3, -0.25) is 4.79 Å². The molecular formula is C22H21N3O. The highest BCUT2D eigenvalue weighted by atomic mass is 16.1. The van der Waals surface area contributed by atoms with E-state index in [9.17, 15) is 4.79 Å². The van der Waals surface area contributed by atoms with Gasteiger partial charge >= 0.3 is 0 Å². The zero-order valence-electron chi connectivity index (χ0n) is 14.7. The number of amides is 1. The molecule has 0 unspecified atom stereocenters. The van der Waals surface area contributed by atoms with Crippen LogP contribution >= 0.6 is 0 Å². The molecule has 0 saturated heterocycles. The minimum atomic E-state index is -0.0341. The first kappa shape index (κ1) is 16.3. The zero-order valence-corrected chi connectivity index (χ0v) is 14.7. The van der Waals surface area contributed by atoms with Crippen molar-refractivity contribution >= 4 is 27.7 Å². The number of aromatic nitrogens is 2. The molecule has 4 heteroatoms. The molecule has 4 nitrogen and oxygen atoms in total. The van der Waals surface area contributed by atoms with E-state index in [1.807, 2.05) is 54.0 Å². The van der Waals surface area contributed by atoms with E-state index in [-0.39, 0.29) is 11.9 Å². The summed E-state index contributed by atoms with van der Waals surface area (Å²) in [5.41, 5.74) is 3.16. The lowest BCUT2D eigenvalue weighted by molar-refractivity contribution is -0.121. The van der Waals surface area contributed by atoms with E-state index < -0.39 is 0 Å². The smallest absolute Gasteiger partial charge is 0.222 e. The molecule has 4 rings (SSSR count). The Bertz CT molecular complexity index is 1060. The van der Waals surface area contributed by atoms with Gasteiger partial charge in [-0.1, -0.05) is 54.6 Å². The molecule has 0 aliphatic carbocycles. The Morgan fingerprint density at radius 1 is 1.04 bits per heavy atom. The van der Waals surface area contributed by atoms with E-state index in [4.69, 9.17) is 0 Å². The number of nitrogens with zero attached hydrogens (tertiary/aromatic N) is 2. The van der Waals surface area contributed by atoms with Crippen LogP contribution in [-0.4, -0.2) is 15.5 Å². The molecule has 130 valence electrons. The highest BCUT2D eigenvalue weighted by Gasteiger charge is 2.12. The van der Waals surface area contributed by atoms with E-state index in [0.717, 1.165) is 16.6 Å². The number of para-hydroxylation sites is 2. The Morgan fingerprint density at radius 3 is 2.73 bits per heavy atom. The number of carbonyl (C=O) groups excluding carboxylic acids is 1. The van der Waals surface area contributed by atoms with Crippen LogP contribution < -0.4 is 5.32 Å². The molecule has 1 amide bonds. The van der Waals surface area contributed by atoms with Gasteiger partial charge in [-0.2, -0.15) is 0 Å². The molecule has 1 heterocycles. The Kier molecular flexibility index (Phi) is 4.40. The first-order valence-corrected chi connectivity index (χ1v) is 8.89. The number of carbonyl (C=O) groups is 1. The average molecular weight is 343 g/mol. The largest absolute Gasteiger partial charge is 0.350 e. The Balaban J connectivity index is 1.44. The minimum Gasteiger partial charge on any atom is -0.350 e. The number of aryl methyl sites for hydroxylation is 1. The highest BCUT2D eigenvalue weighted by molar-refractivity contribution is 5.87. The van der Waals surface area contributed by atoms with Gasteiger partial charge in [-0.15, -0.1) is 0 Å². The highest BCUT2D eigenvalue weighted by Crippen LogP contribution is 2.24. The predicted molar refractivity (Wildman–Crippen MR) is 105 cm³/mol. The van der Waals surface area contributed by atoms with Crippen molar-refractivity contribution in [2.45, 2.75) is 25.9 Å². The normalized spacial score (nSPS) is 12.3. The molecule has 1 atom stereocenters. The molecule has 1 N–H and O–H groups in total. The zero-order chi connectivity index (χ0) is 17.9. The lowest BCUT2D eigenvalue weighted by atomic mass is 9.99. The van der Waals surface area contributed by atoms with Gasteiger partial charge < -0.3 is 9.88 Å². The standard InChI is InChI=1S/C22H21N3O/c1-16(18-10-6-8-17-7-2-3-9-19(17)18)24-22(26)13-14-25-15-23-20-11-4-5-12-21(20)25/h2-12,15-16H,13-14H2,1H3,(H,24,26)/t16-/m0/s1. The van der Waals surface area contributed by atoms with Gasteiger partial charge in [0.05, 0.1) is 23.4 Å². The SMILES string of the molecule is C[C@H](NC(=O)CCn1cnc2ccccc21)c1cccc2ccccc12. The summed E-state index contributed by atoms with van der Waals surface area (Å²) in [4.78, 5) is 16.8. The fraction of sp³-hybridized carbons (Fsp3) is 0.182. The van der Waals surface area contributed by atoms with Crippen LogP contribution in [0.5, 0.6) is 0 Å². The third-order valence-electron chi connectivity index (χ3n) is 4.77. The van der Waals surface area contributed by atoms with Crippen molar-refractivity contribution in [1.29, 1.82) is 0 Å². The van der Waals surface area contributed by atoms with E-state index >= 15 is 0 Å². The van der Waals surface area contributed by atoms with Crippen molar-refractivity contribution in [3.8, 4) is 0 Å².